The van der Waals surface area contributed by atoms with Crippen LogP contribution >= 0.6 is 11.8 Å². The molecule has 0 N–H and O–H groups in total. The van der Waals surface area contributed by atoms with E-state index >= 15 is 0 Å². The van der Waals surface area contributed by atoms with E-state index in [2.05, 4.69) is 52.8 Å². The lowest BCUT2D eigenvalue weighted by molar-refractivity contribution is 0.00578. The highest BCUT2D eigenvalue weighted by molar-refractivity contribution is 7.98. The SMILES string of the molecule is CCC(CSC)N(C)CCOc1cccc(B2OC(C)(C)C(C)(C)O2)c1. The maximum absolute atomic E-state index is 6.13. The van der Waals surface area contributed by atoms with Crippen molar-refractivity contribution in [2.75, 3.05) is 32.2 Å². The van der Waals surface area contributed by atoms with Crippen molar-refractivity contribution in [1.82, 2.24) is 4.90 Å². The Balaban J connectivity index is 1.92. The van der Waals surface area contributed by atoms with Crippen LogP contribution in [0.25, 0.3) is 0 Å². The van der Waals surface area contributed by atoms with Crippen LogP contribution in [0.5, 0.6) is 5.75 Å². The van der Waals surface area contributed by atoms with E-state index in [-0.39, 0.29) is 18.3 Å². The van der Waals surface area contributed by atoms with Crippen LogP contribution in [0.2, 0.25) is 0 Å². The Kier molecular flexibility index (Phi) is 7.48. The summed E-state index contributed by atoms with van der Waals surface area (Å²) in [5.41, 5.74) is 0.344. The highest BCUT2D eigenvalue weighted by atomic mass is 32.2. The Hall–Kier alpha value is -0.685. The first kappa shape index (κ1) is 21.6. The van der Waals surface area contributed by atoms with Crippen molar-refractivity contribution in [2.24, 2.45) is 0 Å². The Labute approximate surface area is 164 Å². The van der Waals surface area contributed by atoms with Crippen molar-refractivity contribution in [3.05, 3.63) is 24.3 Å². The molecule has 2 rings (SSSR count). The van der Waals surface area contributed by atoms with Crippen molar-refractivity contribution in [3.63, 3.8) is 0 Å². The standard InChI is InChI=1S/C20H34BNO3S/c1-8-17(15-26-7)22(6)12-13-23-18-11-9-10-16(14-18)21-24-19(2,3)20(4,5)25-21/h9-11,14,17H,8,12-13,15H2,1-7H3. The van der Waals surface area contributed by atoms with Gasteiger partial charge < -0.3 is 14.0 Å². The lowest BCUT2D eigenvalue weighted by atomic mass is 9.79. The predicted molar refractivity (Wildman–Crippen MR) is 113 cm³/mol. The summed E-state index contributed by atoms with van der Waals surface area (Å²) in [6.07, 6.45) is 3.32. The molecule has 0 radical (unpaired) electrons. The minimum atomic E-state index is -0.350. The van der Waals surface area contributed by atoms with E-state index in [0.717, 1.165) is 29.9 Å². The molecule has 0 aromatic heterocycles. The molecule has 26 heavy (non-hydrogen) atoms. The first-order valence-electron chi connectivity index (χ1n) is 9.47. The van der Waals surface area contributed by atoms with Crippen LogP contribution in [-0.2, 0) is 9.31 Å². The summed E-state index contributed by atoms with van der Waals surface area (Å²) in [7, 11) is 1.83. The van der Waals surface area contributed by atoms with Crippen LogP contribution in [0.1, 0.15) is 41.0 Å². The number of rotatable bonds is 9. The average molecular weight is 379 g/mol. The maximum atomic E-state index is 6.13. The van der Waals surface area contributed by atoms with Gasteiger partial charge in [-0.15, -0.1) is 0 Å². The molecule has 1 aromatic rings. The fourth-order valence-corrected chi connectivity index (χ4v) is 3.84. The van der Waals surface area contributed by atoms with Gasteiger partial charge in [-0.05, 0) is 65.0 Å². The topological polar surface area (TPSA) is 30.9 Å². The number of benzene rings is 1. The number of likely N-dealkylation sites (N-methyl/N-ethyl adjacent to an activating group) is 1. The van der Waals surface area contributed by atoms with Crippen LogP contribution in [-0.4, -0.2) is 61.5 Å². The lowest BCUT2D eigenvalue weighted by Crippen LogP contribution is -2.41. The van der Waals surface area contributed by atoms with E-state index in [9.17, 15) is 0 Å². The summed E-state index contributed by atoms with van der Waals surface area (Å²) in [6.45, 7) is 12.1. The summed E-state index contributed by atoms with van der Waals surface area (Å²) in [5.74, 6) is 2.02. The van der Waals surface area contributed by atoms with E-state index in [4.69, 9.17) is 14.0 Å². The van der Waals surface area contributed by atoms with E-state index < -0.39 is 0 Å². The third-order valence-electron chi connectivity index (χ3n) is 5.55. The Bertz CT molecular complexity index is 566. The number of ether oxygens (including phenoxy) is 1. The summed E-state index contributed by atoms with van der Waals surface area (Å²) < 4.78 is 18.3. The molecule has 0 bridgehead atoms. The van der Waals surface area contributed by atoms with Gasteiger partial charge in [0.05, 0.1) is 11.2 Å². The quantitative estimate of drug-likeness (QED) is 0.614. The van der Waals surface area contributed by atoms with Crippen LogP contribution in [0, 0.1) is 0 Å². The van der Waals surface area contributed by atoms with E-state index in [1.54, 1.807) is 0 Å². The first-order chi connectivity index (χ1) is 12.2. The average Bonchev–Trinajstić information content (AvgIpc) is 2.80. The van der Waals surface area contributed by atoms with Crippen LogP contribution in [0.15, 0.2) is 24.3 Å². The first-order valence-corrected chi connectivity index (χ1v) is 10.9. The predicted octanol–water partition coefficient (Wildman–Crippen LogP) is 3.44. The van der Waals surface area contributed by atoms with E-state index in [1.807, 2.05) is 36.0 Å². The molecular weight excluding hydrogens is 345 g/mol. The second-order valence-corrected chi connectivity index (χ2v) is 8.92. The monoisotopic (exact) mass is 379 g/mol. The zero-order valence-corrected chi connectivity index (χ0v) is 18.2. The Morgan fingerprint density at radius 3 is 2.42 bits per heavy atom. The number of thioether (sulfide) groups is 1. The summed E-state index contributed by atoms with van der Waals surface area (Å²) >= 11 is 1.90. The molecule has 1 atom stereocenters. The smallest absolute Gasteiger partial charge is 0.492 e. The number of hydrogen-bond acceptors (Lipinski definition) is 5. The molecule has 0 spiro atoms. The van der Waals surface area contributed by atoms with Crippen molar-refractivity contribution in [2.45, 2.75) is 58.3 Å². The zero-order chi connectivity index (χ0) is 19.4. The molecule has 1 saturated heterocycles. The second kappa shape index (κ2) is 9.00. The molecule has 146 valence electrons. The van der Waals surface area contributed by atoms with Crippen LogP contribution in [0.4, 0.5) is 0 Å². The van der Waals surface area contributed by atoms with Crippen LogP contribution in [0.3, 0.4) is 0 Å². The van der Waals surface area contributed by atoms with Gasteiger partial charge in [0, 0.05) is 18.3 Å². The lowest BCUT2D eigenvalue weighted by Gasteiger charge is -2.32. The minimum Gasteiger partial charge on any atom is -0.492 e. The third-order valence-corrected chi connectivity index (χ3v) is 6.27. The molecule has 1 aliphatic rings. The molecule has 4 nitrogen and oxygen atoms in total. The van der Waals surface area contributed by atoms with Gasteiger partial charge in [-0.1, -0.05) is 19.1 Å². The largest absolute Gasteiger partial charge is 0.494 e. The Morgan fingerprint density at radius 1 is 1.19 bits per heavy atom. The minimum absolute atomic E-state index is 0.330. The molecule has 0 amide bonds. The van der Waals surface area contributed by atoms with Gasteiger partial charge in [0.15, 0.2) is 0 Å². The molecular formula is C20H34BNO3S. The van der Waals surface area contributed by atoms with E-state index in [0.29, 0.717) is 12.6 Å². The Morgan fingerprint density at radius 2 is 1.85 bits per heavy atom. The molecule has 1 unspecified atom stereocenters. The summed E-state index contributed by atoms with van der Waals surface area (Å²) in [4.78, 5) is 2.38. The highest BCUT2D eigenvalue weighted by Crippen LogP contribution is 2.36. The van der Waals surface area contributed by atoms with Crippen molar-refractivity contribution in [3.8, 4) is 5.75 Å². The van der Waals surface area contributed by atoms with Crippen LogP contribution < -0.4 is 10.2 Å². The van der Waals surface area contributed by atoms with Crippen molar-refractivity contribution < 1.29 is 14.0 Å². The third kappa shape index (κ3) is 5.19. The van der Waals surface area contributed by atoms with Gasteiger partial charge >= 0.3 is 7.12 Å². The van der Waals surface area contributed by atoms with Gasteiger partial charge in [0.1, 0.15) is 12.4 Å². The molecule has 1 heterocycles. The number of nitrogens with zero attached hydrogens (tertiary/aromatic N) is 1. The zero-order valence-electron chi connectivity index (χ0n) is 17.4. The fraction of sp³-hybridized carbons (Fsp3) is 0.700. The molecule has 0 saturated carbocycles. The molecule has 1 aromatic carbocycles. The van der Waals surface area contributed by atoms with Gasteiger partial charge in [0.2, 0.25) is 0 Å². The van der Waals surface area contributed by atoms with Crippen molar-refractivity contribution >= 4 is 24.3 Å². The second-order valence-electron chi connectivity index (χ2n) is 8.01. The maximum Gasteiger partial charge on any atom is 0.494 e. The molecule has 1 fully saturated rings. The van der Waals surface area contributed by atoms with Gasteiger partial charge in [-0.25, -0.2) is 0 Å². The van der Waals surface area contributed by atoms with Gasteiger partial charge in [-0.2, -0.15) is 11.8 Å². The normalized spacial score (nSPS) is 19.8. The number of hydrogen-bond donors (Lipinski definition) is 0. The van der Waals surface area contributed by atoms with Crippen molar-refractivity contribution in [1.29, 1.82) is 0 Å². The highest BCUT2D eigenvalue weighted by Gasteiger charge is 2.51. The van der Waals surface area contributed by atoms with Gasteiger partial charge in [-0.3, -0.25) is 4.90 Å². The van der Waals surface area contributed by atoms with E-state index in [1.165, 1.54) is 0 Å². The molecule has 0 aliphatic carbocycles. The fourth-order valence-electron chi connectivity index (χ4n) is 2.97. The summed E-state index contributed by atoms with van der Waals surface area (Å²) in [6, 6.07) is 8.66. The van der Waals surface area contributed by atoms with Gasteiger partial charge in [0.25, 0.3) is 0 Å². The molecule has 6 heteroatoms. The molecule has 1 aliphatic heterocycles. The summed E-state index contributed by atoms with van der Waals surface area (Å²) in [5, 5.41) is 0.